The summed E-state index contributed by atoms with van der Waals surface area (Å²) in [5.41, 5.74) is 12.0. The first-order chi connectivity index (χ1) is 14.4. The second-order valence-corrected chi connectivity index (χ2v) is 6.23. The van der Waals surface area contributed by atoms with Gasteiger partial charge in [0, 0.05) is 11.1 Å². The van der Waals surface area contributed by atoms with Crippen LogP contribution >= 0.6 is 0 Å². The zero-order valence-electron chi connectivity index (χ0n) is 16.9. The fourth-order valence-electron chi connectivity index (χ4n) is 2.86. The van der Waals surface area contributed by atoms with Crippen molar-refractivity contribution in [3.63, 3.8) is 0 Å². The van der Waals surface area contributed by atoms with Crippen molar-refractivity contribution in [1.82, 2.24) is 5.32 Å². The summed E-state index contributed by atoms with van der Waals surface area (Å²) in [6, 6.07) is 10.6. The van der Waals surface area contributed by atoms with Crippen LogP contribution in [0.25, 0.3) is 11.1 Å². The molecule has 0 saturated carbocycles. The molecule has 30 heavy (non-hydrogen) atoms. The summed E-state index contributed by atoms with van der Waals surface area (Å²) < 4.78 is 19.8. The van der Waals surface area contributed by atoms with Crippen LogP contribution in [-0.2, 0) is 9.53 Å². The smallest absolute Gasteiger partial charge is 0.414 e. The van der Waals surface area contributed by atoms with Crippen molar-refractivity contribution in [3.8, 4) is 11.1 Å². The molecular formula is C21H25FN4O4. The molecule has 8 nitrogen and oxygen atoms in total. The normalized spacial score (nSPS) is 15.1. The van der Waals surface area contributed by atoms with Gasteiger partial charge in [0.05, 0.1) is 25.3 Å². The number of nitrogens with one attached hydrogen (secondary N) is 1. The van der Waals surface area contributed by atoms with Gasteiger partial charge in [0.15, 0.2) is 0 Å². The number of rotatable bonds is 6. The Morgan fingerprint density at radius 1 is 1.20 bits per heavy atom. The first kappa shape index (κ1) is 22.8. The van der Waals surface area contributed by atoms with Gasteiger partial charge in [-0.3, -0.25) is 14.5 Å². The first-order valence-electron chi connectivity index (χ1n) is 9.53. The number of primary amides is 1. The van der Waals surface area contributed by atoms with Crippen molar-refractivity contribution in [1.29, 1.82) is 0 Å². The van der Waals surface area contributed by atoms with E-state index >= 15 is 0 Å². The maximum Gasteiger partial charge on any atom is 0.414 e. The van der Waals surface area contributed by atoms with E-state index in [2.05, 4.69) is 5.32 Å². The minimum Gasteiger partial charge on any atom is -0.442 e. The van der Waals surface area contributed by atoms with Gasteiger partial charge in [-0.05, 0) is 35.9 Å². The summed E-state index contributed by atoms with van der Waals surface area (Å²) in [4.78, 5) is 35.7. The fraction of sp³-hybridized carbons (Fsp3) is 0.286. The zero-order chi connectivity index (χ0) is 22.3. The molecule has 2 aromatic carbocycles. The third-order valence-corrected chi connectivity index (χ3v) is 4.33. The third kappa shape index (κ3) is 5.32. The summed E-state index contributed by atoms with van der Waals surface area (Å²) >= 11 is 0. The van der Waals surface area contributed by atoms with Gasteiger partial charge in [-0.2, -0.15) is 0 Å². The van der Waals surface area contributed by atoms with Crippen molar-refractivity contribution in [3.05, 3.63) is 53.8 Å². The van der Waals surface area contributed by atoms with Crippen LogP contribution in [0.4, 0.5) is 14.9 Å². The molecular weight excluding hydrogens is 391 g/mol. The van der Waals surface area contributed by atoms with Crippen molar-refractivity contribution < 1.29 is 23.5 Å². The summed E-state index contributed by atoms with van der Waals surface area (Å²) in [5.74, 6) is -1.45. The topological polar surface area (TPSA) is 128 Å². The van der Waals surface area contributed by atoms with E-state index in [-0.39, 0.29) is 25.5 Å². The maximum atomic E-state index is 14.6. The van der Waals surface area contributed by atoms with Crippen LogP contribution in [0, 0.1) is 5.82 Å². The minimum absolute atomic E-state index is 0.130. The summed E-state index contributed by atoms with van der Waals surface area (Å²) in [7, 11) is 0. The van der Waals surface area contributed by atoms with Crippen LogP contribution in [0.1, 0.15) is 24.2 Å². The Labute approximate surface area is 174 Å². The molecule has 1 saturated heterocycles. The molecule has 0 bridgehead atoms. The Hall–Kier alpha value is -3.46. The first-order valence-corrected chi connectivity index (χ1v) is 9.53. The number of hydrogen-bond acceptors (Lipinski definition) is 5. The highest BCUT2D eigenvalue weighted by Crippen LogP contribution is 2.29. The molecule has 0 radical (unpaired) electrons. The van der Waals surface area contributed by atoms with Crippen LogP contribution in [-0.4, -0.2) is 43.6 Å². The number of benzene rings is 2. The molecule has 2 aromatic rings. The number of carbonyl (C=O) groups excluding carboxylic acids is 3. The Balaban J connectivity index is 0.00000155. The highest BCUT2D eigenvalue weighted by molar-refractivity contribution is 5.93. The van der Waals surface area contributed by atoms with Crippen LogP contribution in [0.5, 0.6) is 0 Å². The SMILES string of the molecule is CC.NCC(=O)NCC1CN(c2ccc(-c3ccc(C(N)=O)cc3)c(F)c2)C(=O)O1. The van der Waals surface area contributed by atoms with E-state index in [1.807, 2.05) is 13.8 Å². The molecule has 5 N–H and O–H groups in total. The van der Waals surface area contributed by atoms with E-state index < -0.39 is 23.9 Å². The Kier molecular flexibility index (Phi) is 7.88. The van der Waals surface area contributed by atoms with Gasteiger partial charge in [-0.15, -0.1) is 0 Å². The minimum atomic E-state index is -0.620. The molecule has 160 valence electrons. The predicted octanol–water partition coefficient (Wildman–Crippen LogP) is 2.02. The highest BCUT2D eigenvalue weighted by Gasteiger charge is 2.32. The number of nitrogens with two attached hydrogens (primary N) is 2. The molecule has 9 heteroatoms. The Bertz CT molecular complexity index is 918. The fourth-order valence-corrected chi connectivity index (χ4v) is 2.86. The monoisotopic (exact) mass is 416 g/mol. The van der Waals surface area contributed by atoms with Gasteiger partial charge in [0.2, 0.25) is 11.8 Å². The lowest BCUT2D eigenvalue weighted by Crippen LogP contribution is -2.37. The Morgan fingerprint density at radius 3 is 2.43 bits per heavy atom. The predicted molar refractivity (Wildman–Crippen MR) is 111 cm³/mol. The number of nitrogens with zero attached hydrogens (tertiary/aromatic N) is 1. The number of amides is 3. The Morgan fingerprint density at radius 2 is 1.87 bits per heavy atom. The second kappa shape index (κ2) is 10.4. The van der Waals surface area contributed by atoms with Crippen LogP contribution < -0.4 is 21.7 Å². The second-order valence-electron chi connectivity index (χ2n) is 6.23. The molecule has 1 aliphatic heterocycles. The summed E-state index contributed by atoms with van der Waals surface area (Å²) in [6.45, 7) is 4.15. The van der Waals surface area contributed by atoms with E-state index in [4.69, 9.17) is 16.2 Å². The summed E-state index contributed by atoms with van der Waals surface area (Å²) in [6.07, 6.45) is -1.17. The van der Waals surface area contributed by atoms with Crippen molar-refractivity contribution in [2.45, 2.75) is 20.0 Å². The van der Waals surface area contributed by atoms with Gasteiger partial charge in [-0.25, -0.2) is 9.18 Å². The maximum absolute atomic E-state index is 14.6. The van der Waals surface area contributed by atoms with Gasteiger partial charge in [-0.1, -0.05) is 26.0 Å². The largest absolute Gasteiger partial charge is 0.442 e. The number of cyclic esters (lactones) is 1. The van der Waals surface area contributed by atoms with Gasteiger partial charge >= 0.3 is 6.09 Å². The number of anilines is 1. The van der Waals surface area contributed by atoms with E-state index in [0.29, 0.717) is 22.4 Å². The number of halogens is 1. The lowest BCUT2D eigenvalue weighted by Gasteiger charge is -2.14. The molecule has 0 spiro atoms. The highest BCUT2D eigenvalue weighted by atomic mass is 19.1. The molecule has 1 aliphatic rings. The lowest BCUT2D eigenvalue weighted by atomic mass is 10.0. The lowest BCUT2D eigenvalue weighted by molar-refractivity contribution is -0.120. The van der Waals surface area contributed by atoms with Crippen LogP contribution in [0.15, 0.2) is 42.5 Å². The molecule has 3 amide bonds. The third-order valence-electron chi connectivity index (χ3n) is 4.33. The van der Waals surface area contributed by atoms with E-state index in [1.165, 1.54) is 23.1 Å². The van der Waals surface area contributed by atoms with Gasteiger partial charge in [0.1, 0.15) is 11.9 Å². The van der Waals surface area contributed by atoms with Crippen molar-refractivity contribution in [2.24, 2.45) is 11.5 Å². The zero-order valence-corrected chi connectivity index (χ0v) is 16.9. The van der Waals surface area contributed by atoms with Crippen LogP contribution in [0.3, 0.4) is 0 Å². The molecule has 0 aliphatic carbocycles. The molecule has 0 aromatic heterocycles. The molecule has 1 fully saturated rings. The van der Waals surface area contributed by atoms with Crippen LogP contribution in [0.2, 0.25) is 0 Å². The quantitative estimate of drug-likeness (QED) is 0.664. The number of carbonyl (C=O) groups is 3. The average Bonchev–Trinajstić information content (AvgIpc) is 3.14. The molecule has 1 unspecified atom stereocenters. The average molecular weight is 416 g/mol. The van der Waals surface area contributed by atoms with E-state index in [0.717, 1.165) is 0 Å². The summed E-state index contributed by atoms with van der Waals surface area (Å²) in [5, 5.41) is 2.55. The van der Waals surface area contributed by atoms with Gasteiger partial charge in [0.25, 0.3) is 0 Å². The molecule has 1 atom stereocenters. The molecule has 1 heterocycles. The number of ether oxygens (including phenoxy) is 1. The van der Waals surface area contributed by atoms with Gasteiger partial charge < -0.3 is 21.5 Å². The van der Waals surface area contributed by atoms with Crippen molar-refractivity contribution >= 4 is 23.6 Å². The standard InChI is InChI=1S/C19H19FN4O4.C2H6/c20-16-7-13(24-10-14(28-19(24)27)9-23-17(25)8-21)5-6-15(16)11-1-3-12(4-2-11)18(22)26;1-2/h1-7,14H,8-10,21H2,(H2,22,26)(H,23,25);1-2H3. The number of hydrogen-bond donors (Lipinski definition) is 3. The van der Waals surface area contributed by atoms with Crippen molar-refractivity contribution in [2.75, 3.05) is 24.5 Å². The van der Waals surface area contributed by atoms with E-state index in [9.17, 15) is 18.8 Å². The van der Waals surface area contributed by atoms with E-state index in [1.54, 1.807) is 24.3 Å². The molecule has 3 rings (SSSR count).